The highest BCUT2D eigenvalue weighted by molar-refractivity contribution is 6.35. The summed E-state index contributed by atoms with van der Waals surface area (Å²) in [5, 5.41) is 0. The number of ketones is 1. The number of fused-ring (bicyclic) bond motifs is 1. The number of ether oxygens (including phenoxy) is 4. The minimum Gasteiger partial charge on any atom is -0.494 e. The van der Waals surface area contributed by atoms with E-state index in [2.05, 4.69) is 23.1 Å². The van der Waals surface area contributed by atoms with Gasteiger partial charge in [0.15, 0.2) is 5.78 Å². The van der Waals surface area contributed by atoms with Gasteiger partial charge in [-0.05, 0) is 97.5 Å². The van der Waals surface area contributed by atoms with Gasteiger partial charge in [0, 0.05) is 30.8 Å². The smallest absolute Gasteiger partial charge is 0.193 e. The van der Waals surface area contributed by atoms with E-state index < -0.39 is 0 Å². The van der Waals surface area contributed by atoms with Gasteiger partial charge in [-0.25, -0.2) is 0 Å². The summed E-state index contributed by atoms with van der Waals surface area (Å²) < 4.78 is 22.8. The van der Waals surface area contributed by atoms with Crippen LogP contribution < -0.4 is 14.2 Å². The van der Waals surface area contributed by atoms with E-state index in [0.29, 0.717) is 25.4 Å². The van der Waals surface area contributed by atoms with Crippen molar-refractivity contribution in [2.75, 3.05) is 52.7 Å². The number of hydrogen-bond acceptors (Lipinski definition) is 6. The molecule has 3 aromatic carbocycles. The Balaban J connectivity index is 1.40. The van der Waals surface area contributed by atoms with Crippen molar-refractivity contribution in [2.24, 2.45) is 0 Å². The highest BCUT2D eigenvalue weighted by Gasteiger charge is 2.26. The SMILES string of the molecule is CCOc1ccc(C2=C(C(=O)c3ccc(OCCN4CCOCC4)cc3)c3ccc(OCC)cc3CC2)cc1. The average molecular weight is 528 g/mol. The molecule has 2 aliphatic rings. The first-order chi connectivity index (χ1) is 19.2. The van der Waals surface area contributed by atoms with E-state index in [-0.39, 0.29) is 5.78 Å². The normalized spacial score (nSPS) is 15.5. The maximum absolute atomic E-state index is 14.1. The van der Waals surface area contributed by atoms with Crippen molar-refractivity contribution in [3.63, 3.8) is 0 Å². The highest BCUT2D eigenvalue weighted by Crippen LogP contribution is 2.40. The highest BCUT2D eigenvalue weighted by atomic mass is 16.5. The van der Waals surface area contributed by atoms with E-state index in [4.69, 9.17) is 18.9 Å². The van der Waals surface area contributed by atoms with Crippen LogP contribution >= 0.6 is 0 Å². The standard InChI is InChI=1S/C33H37NO5/c1-3-37-27-10-5-24(6-11-27)30-15-9-26-23-29(38-4-2)14-16-31(26)32(30)33(35)25-7-12-28(13-8-25)39-22-19-34-17-20-36-21-18-34/h5-8,10-14,16,23H,3-4,9,15,17-22H2,1-2H3. The monoisotopic (exact) mass is 527 g/mol. The molecule has 0 bridgehead atoms. The predicted molar refractivity (Wildman–Crippen MR) is 154 cm³/mol. The lowest BCUT2D eigenvalue weighted by Gasteiger charge is -2.26. The van der Waals surface area contributed by atoms with Crippen molar-refractivity contribution >= 4 is 16.9 Å². The summed E-state index contributed by atoms with van der Waals surface area (Å²) in [6, 6.07) is 21.7. The first kappa shape index (κ1) is 27.0. The molecule has 6 nitrogen and oxygen atoms in total. The molecule has 1 aliphatic heterocycles. The second-order valence-corrected chi connectivity index (χ2v) is 9.72. The Morgan fingerprint density at radius 2 is 1.44 bits per heavy atom. The van der Waals surface area contributed by atoms with Crippen LogP contribution in [0.3, 0.4) is 0 Å². The molecule has 1 aliphatic carbocycles. The summed E-state index contributed by atoms with van der Waals surface area (Å²) in [5.41, 5.74) is 5.63. The second-order valence-electron chi connectivity index (χ2n) is 9.72. The Kier molecular flexibility index (Phi) is 8.96. The molecule has 0 N–H and O–H groups in total. The molecule has 0 atom stereocenters. The maximum Gasteiger partial charge on any atom is 0.193 e. The van der Waals surface area contributed by atoms with E-state index in [1.54, 1.807) is 0 Å². The summed E-state index contributed by atoms with van der Waals surface area (Å²) in [4.78, 5) is 16.4. The van der Waals surface area contributed by atoms with Crippen LogP contribution in [-0.4, -0.2) is 63.4 Å². The molecule has 0 aromatic heterocycles. The summed E-state index contributed by atoms with van der Waals surface area (Å²) >= 11 is 0. The number of benzene rings is 3. The fraction of sp³-hybridized carbons (Fsp3) is 0.364. The van der Waals surface area contributed by atoms with Crippen LogP contribution in [0, 0.1) is 0 Å². The molecule has 1 fully saturated rings. The summed E-state index contributed by atoms with van der Waals surface area (Å²) in [7, 11) is 0. The van der Waals surface area contributed by atoms with Crippen LogP contribution in [0.4, 0.5) is 0 Å². The topological polar surface area (TPSA) is 57.2 Å². The molecular weight excluding hydrogens is 490 g/mol. The third-order valence-corrected chi connectivity index (χ3v) is 7.24. The summed E-state index contributed by atoms with van der Waals surface area (Å²) in [6.45, 7) is 10.1. The van der Waals surface area contributed by atoms with Gasteiger partial charge in [-0.3, -0.25) is 9.69 Å². The van der Waals surface area contributed by atoms with E-state index in [1.165, 1.54) is 0 Å². The van der Waals surface area contributed by atoms with Crippen LogP contribution in [0.25, 0.3) is 11.1 Å². The molecule has 6 heteroatoms. The largest absolute Gasteiger partial charge is 0.494 e. The number of Topliss-reactive ketones (excluding diaryl/α,β-unsaturated/α-hetero) is 1. The average Bonchev–Trinajstić information content (AvgIpc) is 2.98. The van der Waals surface area contributed by atoms with Gasteiger partial charge in [0.2, 0.25) is 0 Å². The number of hydrogen-bond donors (Lipinski definition) is 0. The van der Waals surface area contributed by atoms with Crippen LogP contribution in [-0.2, 0) is 11.2 Å². The molecular formula is C33H37NO5. The van der Waals surface area contributed by atoms with Gasteiger partial charge in [-0.1, -0.05) is 18.2 Å². The molecule has 3 aromatic rings. The van der Waals surface area contributed by atoms with Gasteiger partial charge in [-0.2, -0.15) is 0 Å². The van der Waals surface area contributed by atoms with Crippen molar-refractivity contribution in [1.82, 2.24) is 4.90 Å². The third kappa shape index (κ3) is 6.52. The lowest BCUT2D eigenvalue weighted by atomic mass is 9.79. The molecule has 0 amide bonds. The minimum absolute atomic E-state index is 0.0175. The van der Waals surface area contributed by atoms with Crippen LogP contribution in [0.5, 0.6) is 17.2 Å². The number of carbonyl (C=O) groups excluding carboxylic acids is 1. The van der Waals surface area contributed by atoms with Gasteiger partial charge in [0.25, 0.3) is 0 Å². The molecule has 1 saturated heterocycles. The van der Waals surface area contributed by atoms with Gasteiger partial charge >= 0.3 is 0 Å². The molecule has 0 radical (unpaired) electrons. The number of allylic oxidation sites excluding steroid dienone is 2. The number of rotatable bonds is 11. The Hall–Kier alpha value is -3.61. The van der Waals surface area contributed by atoms with Crippen molar-refractivity contribution in [1.29, 1.82) is 0 Å². The quantitative estimate of drug-likeness (QED) is 0.288. The number of morpholine rings is 1. The first-order valence-electron chi connectivity index (χ1n) is 14.0. The summed E-state index contributed by atoms with van der Waals surface area (Å²) in [5.74, 6) is 2.46. The molecule has 0 saturated carbocycles. The molecule has 0 unspecified atom stereocenters. The Bertz CT molecular complexity index is 1290. The molecule has 0 spiro atoms. The van der Waals surface area contributed by atoms with Crippen LogP contribution in [0.2, 0.25) is 0 Å². The second kappa shape index (κ2) is 13.0. The van der Waals surface area contributed by atoms with Crippen molar-refractivity contribution in [3.05, 3.63) is 89.0 Å². The lowest BCUT2D eigenvalue weighted by Crippen LogP contribution is -2.38. The minimum atomic E-state index is 0.0175. The van der Waals surface area contributed by atoms with Gasteiger partial charge in [0.05, 0.1) is 26.4 Å². The predicted octanol–water partition coefficient (Wildman–Crippen LogP) is 5.93. The number of aryl methyl sites for hydroxylation is 1. The maximum atomic E-state index is 14.1. The summed E-state index contributed by atoms with van der Waals surface area (Å²) in [6.07, 6.45) is 1.63. The van der Waals surface area contributed by atoms with Crippen LogP contribution in [0.15, 0.2) is 66.7 Å². The van der Waals surface area contributed by atoms with E-state index in [1.807, 2.05) is 62.4 Å². The fourth-order valence-electron chi connectivity index (χ4n) is 5.26. The molecule has 39 heavy (non-hydrogen) atoms. The zero-order chi connectivity index (χ0) is 27.0. The van der Waals surface area contributed by atoms with E-state index in [9.17, 15) is 4.79 Å². The van der Waals surface area contributed by atoms with Gasteiger partial charge < -0.3 is 18.9 Å². The number of carbonyl (C=O) groups is 1. The third-order valence-electron chi connectivity index (χ3n) is 7.24. The molecule has 204 valence electrons. The van der Waals surface area contributed by atoms with Gasteiger partial charge in [-0.15, -0.1) is 0 Å². The fourth-order valence-corrected chi connectivity index (χ4v) is 5.26. The zero-order valence-corrected chi connectivity index (χ0v) is 22.9. The first-order valence-corrected chi connectivity index (χ1v) is 14.0. The zero-order valence-electron chi connectivity index (χ0n) is 22.9. The Labute approximate surface area is 231 Å². The Morgan fingerprint density at radius 1 is 0.795 bits per heavy atom. The van der Waals surface area contributed by atoms with Crippen molar-refractivity contribution in [2.45, 2.75) is 26.7 Å². The number of nitrogens with zero attached hydrogens (tertiary/aromatic N) is 1. The lowest BCUT2D eigenvalue weighted by molar-refractivity contribution is 0.0322. The van der Waals surface area contributed by atoms with Crippen LogP contribution in [0.1, 0.15) is 47.3 Å². The van der Waals surface area contributed by atoms with E-state index in [0.717, 1.165) is 90.8 Å². The van der Waals surface area contributed by atoms with Crippen molar-refractivity contribution < 1.29 is 23.7 Å². The van der Waals surface area contributed by atoms with E-state index >= 15 is 0 Å². The van der Waals surface area contributed by atoms with Gasteiger partial charge in [0.1, 0.15) is 23.9 Å². The van der Waals surface area contributed by atoms with Crippen molar-refractivity contribution in [3.8, 4) is 17.2 Å². The Morgan fingerprint density at radius 3 is 2.15 bits per heavy atom. The molecule has 5 rings (SSSR count). The molecule has 1 heterocycles.